The van der Waals surface area contributed by atoms with E-state index < -0.39 is 0 Å². The molecule has 2 heteroatoms. The summed E-state index contributed by atoms with van der Waals surface area (Å²) in [6, 6.07) is 0. The van der Waals surface area contributed by atoms with Crippen molar-refractivity contribution in [2.45, 2.75) is 59.0 Å². The lowest BCUT2D eigenvalue weighted by molar-refractivity contribution is -0.136. The van der Waals surface area contributed by atoms with Gasteiger partial charge >= 0.3 is 0 Å². The van der Waals surface area contributed by atoms with E-state index in [1.165, 1.54) is 19.3 Å². The van der Waals surface area contributed by atoms with E-state index in [9.17, 15) is 10.2 Å². The van der Waals surface area contributed by atoms with Gasteiger partial charge in [-0.1, -0.05) is 27.2 Å². The first-order valence-electron chi connectivity index (χ1n) is 6.71. The summed E-state index contributed by atoms with van der Waals surface area (Å²) < 4.78 is 0. The van der Waals surface area contributed by atoms with Crippen molar-refractivity contribution < 1.29 is 10.2 Å². The molecule has 2 aliphatic rings. The average molecular weight is 226 g/mol. The van der Waals surface area contributed by atoms with Gasteiger partial charge in [0.15, 0.2) is 0 Å². The lowest BCUT2D eigenvalue weighted by Crippen LogP contribution is -2.54. The molecule has 4 atom stereocenters. The van der Waals surface area contributed by atoms with Crippen molar-refractivity contribution in [3.8, 4) is 0 Å². The van der Waals surface area contributed by atoms with Crippen LogP contribution >= 0.6 is 0 Å². The average Bonchev–Trinajstić information content (AvgIpc) is 2.15. The normalized spacial score (nSPS) is 47.4. The molecule has 2 nitrogen and oxygen atoms in total. The summed E-state index contributed by atoms with van der Waals surface area (Å²) >= 11 is 0. The summed E-state index contributed by atoms with van der Waals surface area (Å²) in [5.41, 5.74) is 0.523. The molecule has 2 rings (SSSR count). The second-order valence-electron chi connectivity index (χ2n) is 6.83. The molecule has 2 saturated carbocycles. The van der Waals surface area contributed by atoms with Gasteiger partial charge in [-0.2, -0.15) is 0 Å². The first kappa shape index (κ1) is 12.4. The monoisotopic (exact) mass is 226 g/mol. The van der Waals surface area contributed by atoms with Gasteiger partial charge in [0, 0.05) is 12.5 Å². The highest BCUT2D eigenvalue weighted by molar-refractivity contribution is 5.03. The van der Waals surface area contributed by atoms with E-state index in [1.54, 1.807) is 0 Å². The van der Waals surface area contributed by atoms with Gasteiger partial charge in [-0.25, -0.2) is 0 Å². The quantitative estimate of drug-likeness (QED) is 0.721. The van der Waals surface area contributed by atoms with Crippen molar-refractivity contribution >= 4 is 0 Å². The minimum atomic E-state index is -0.292. The van der Waals surface area contributed by atoms with Crippen molar-refractivity contribution in [2.24, 2.45) is 22.7 Å². The summed E-state index contributed by atoms with van der Waals surface area (Å²) in [7, 11) is 0. The van der Waals surface area contributed by atoms with Crippen molar-refractivity contribution in [3.63, 3.8) is 0 Å². The topological polar surface area (TPSA) is 40.5 Å². The lowest BCUT2D eigenvalue weighted by atomic mass is 9.48. The van der Waals surface area contributed by atoms with Crippen LogP contribution in [0, 0.1) is 22.7 Å². The summed E-state index contributed by atoms with van der Waals surface area (Å²) in [5, 5.41) is 19.7. The minimum absolute atomic E-state index is 0.0887. The maximum absolute atomic E-state index is 10.1. The Hall–Kier alpha value is -0.0800. The Kier molecular flexibility index (Phi) is 3.09. The lowest BCUT2D eigenvalue weighted by Gasteiger charge is -2.58. The Labute approximate surface area is 99.1 Å². The van der Waals surface area contributed by atoms with Gasteiger partial charge in [-0.3, -0.25) is 0 Å². The minimum Gasteiger partial charge on any atom is -0.396 e. The molecule has 16 heavy (non-hydrogen) atoms. The molecular formula is C14H26O2. The van der Waals surface area contributed by atoms with Gasteiger partial charge in [0.25, 0.3) is 0 Å². The predicted molar refractivity (Wildman–Crippen MR) is 65.0 cm³/mol. The third kappa shape index (κ3) is 1.70. The van der Waals surface area contributed by atoms with Crippen LogP contribution in [0.5, 0.6) is 0 Å². The Morgan fingerprint density at radius 2 is 1.81 bits per heavy atom. The molecule has 0 spiro atoms. The first-order valence-corrected chi connectivity index (χ1v) is 6.71. The number of hydrogen-bond donors (Lipinski definition) is 2. The molecule has 2 N–H and O–H groups in total. The van der Waals surface area contributed by atoms with Gasteiger partial charge in [0.2, 0.25) is 0 Å². The molecule has 94 valence electrons. The third-order valence-corrected chi connectivity index (χ3v) is 5.54. The molecule has 0 heterocycles. The summed E-state index contributed by atoms with van der Waals surface area (Å²) in [4.78, 5) is 0. The first-order chi connectivity index (χ1) is 7.42. The predicted octanol–water partition coefficient (Wildman–Crippen LogP) is 2.58. The molecule has 2 aliphatic carbocycles. The zero-order chi connectivity index (χ0) is 12.0. The zero-order valence-corrected chi connectivity index (χ0v) is 10.9. The molecule has 0 aromatic rings. The molecule has 2 fully saturated rings. The fourth-order valence-electron chi connectivity index (χ4n) is 4.64. The van der Waals surface area contributed by atoms with E-state index >= 15 is 0 Å². The third-order valence-electron chi connectivity index (χ3n) is 5.54. The maximum Gasteiger partial charge on any atom is 0.0595 e. The van der Waals surface area contributed by atoms with E-state index in [0.29, 0.717) is 11.3 Å². The number of hydrogen-bond acceptors (Lipinski definition) is 2. The standard InChI is InChI=1S/C14H26O2/c1-13(2)7-4-8-14(3)10(9-15)11(16)5-6-12(13)14/h10-12,15-16H,4-9H2,1-3H3/t10-,11-,12-,14+/m0/s1. The SMILES string of the molecule is CC1(C)CCC[C@]2(C)[C@@H](CO)[C@@H](O)CC[C@@H]12. The molecule has 0 saturated heterocycles. The summed E-state index contributed by atoms with van der Waals surface area (Å²) in [5.74, 6) is 0.750. The van der Waals surface area contributed by atoms with Crippen LogP contribution in [0.25, 0.3) is 0 Å². The maximum atomic E-state index is 10.1. The van der Waals surface area contributed by atoms with Crippen molar-refractivity contribution in [1.82, 2.24) is 0 Å². The van der Waals surface area contributed by atoms with Crippen LogP contribution in [0.1, 0.15) is 52.9 Å². The van der Waals surface area contributed by atoms with Crippen LogP contribution < -0.4 is 0 Å². The van der Waals surface area contributed by atoms with Crippen LogP contribution in [-0.2, 0) is 0 Å². The van der Waals surface area contributed by atoms with Gasteiger partial charge in [0.05, 0.1) is 6.10 Å². The number of aliphatic hydroxyl groups excluding tert-OH is 2. The zero-order valence-electron chi connectivity index (χ0n) is 10.9. The highest BCUT2D eigenvalue weighted by Crippen LogP contribution is 2.59. The van der Waals surface area contributed by atoms with E-state index in [-0.39, 0.29) is 24.0 Å². The van der Waals surface area contributed by atoms with Crippen LogP contribution in [0.15, 0.2) is 0 Å². The van der Waals surface area contributed by atoms with E-state index in [2.05, 4.69) is 20.8 Å². The van der Waals surface area contributed by atoms with Gasteiger partial charge < -0.3 is 10.2 Å². The van der Waals surface area contributed by atoms with Crippen molar-refractivity contribution in [3.05, 3.63) is 0 Å². The molecule has 0 radical (unpaired) electrons. The van der Waals surface area contributed by atoms with Crippen molar-refractivity contribution in [2.75, 3.05) is 6.61 Å². The van der Waals surface area contributed by atoms with E-state index in [1.807, 2.05) is 0 Å². The number of fused-ring (bicyclic) bond motifs is 1. The molecule has 0 bridgehead atoms. The second kappa shape index (κ2) is 3.99. The molecular weight excluding hydrogens is 200 g/mol. The van der Waals surface area contributed by atoms with Crippen LogP contribution in [-0.4, -0.2) is 22.9 Å². The highest BCUT2D eigenvalue weighted by Gasteiger charge is 2.54. The molecule has 0 unspecified atom stereocenters. The Morgan fingerprint density at radius 1 is 1.12 bits per heavy atom. The molecule has 0 aliphatic heterocycles. The molecule has 0 aromatic heterocycles. The smallest absolute Gasteiger partial charge is 0.0595 e. The van der Waals surface area contributed by atoms with Crippen LogP contribution in [0.4, 0.5) is 0 Å². The van der Waals surface area contributed by atoms with E-state index in [0.717, 1.165) is 12.8 Å². The molecule has 0 aromatic carbocycles. The van der Waals surface area contributed by atoms with Crippen LogP contribution in [0.3, 0.4) is 0 Å². The fraction of sp³-hybridized carbons (Fsp3) is 1.00. The number of rotatable bonds is 1. The van der Waals surface area contributed by atoms with E-state index in [4.69, 9.17) is 0 Å². The summed E-state index contributed by atoms with van der Waals surface area (Å²) in [6.07, 6.45) is 5.41. The second-order valence-corrected chi connectivity index (χ2v) is 6.83. The van der Waals surface area contributed by atoms with Gasteiger partial charge in [-0.05, 0) is 42.4 Å². The van der Waals surface area contributed by atoms with Crippen LogP contribution in [0.2, 0.25) is 0 Å². The Balaban J connectivity index is 2.31. The summed E-state index contributed by atoms with van der Waals surface area (Å²) in [6.45, 7) is 7.16. The fourth-order valence-corrected chi connectivity index (χ4v) is 4.64. The number of aliphatic hydroxyl groups is 2. The largest absolute Gasteiger partial charge is 0.396 e. The molecule has 0 amide bonds. The highest BCUT2D eigenvalue weighted by atomic mass is 16.3. The van der Waals surface area contributed by atoms with Crippen molar-refractivity contribution in [1.29, 1.82) is 0 Å². The van der Waals surface area contributed by atoms with Gasteiger partial charge in [0.1, 0.15) is 0 Å². The van der Waals surface area contributed by atoms with Gasteiger partial charge in [-0.15, -0.1) is 0 Å². The Morgan fingerprint density at radius 3 is 2.44 bits per heavy atom. The Bertz CT molecular complexity index is 261.